The first-order chi connectivity index (χ1) is 8.57. The summed E-state index contributed by atoms with van der Waals surface area (Å²) < 4.78 is 31.7. The first-order valence-electron chi connectivity index (χ1n) is 6.38. The van der Waals surface area contributed by atoms with Gasteiger partial charge < -0.3 is 10.1 Å². The molecule has 1 fully saturated rings. The summed E-state index contributed by atoms with van der Waals surface area (Å²) in [6.07, 6.45) is 2.49. The van der Waals surface area contributed by atoms with Gasteiger partial charge in [-0.2, -0.15) is 8.42 Å². The van der Waals surface area contributed by atoms with Gasteiger partial charge in [0.15, 0.2) is 0 Å². The predicted molar refractivity (Wildman–Crippen MR) is 71.2 cm³/mol. The van der Waals surface area contributed by atoms with Gasteiger partial charge in [-0.15, -0.1) is 0 Å². The normalized spacial score (nSPS) is 23.6. The van der Waals surface area contributed by atoms with Gasteiger partial charge in [0.05, 0.1) is 12.9 Å². The molecule has 7 heteroatoms. The minimum Gasteiger partial charge on any atom is -0.444 e. The number of nitrogens with one attached hydrogen (secondary N) is 1. The van der Waals surface area contributed by atoms with Crippen LogP contribution < -0.4 is 5.32 Å². The molecular formula is C12H23NO5S. The Morgan fingerprint density at radius 2 is 1.84 bits per heavy atom. The molecule has 0 aromatic heterocycles. The van der Waals surface area contributed by atoms with E-state index in [1.54, 1.807) is 20.8 Å². The fourth-order valence-electron chi connectivity index (χ4n) is 1.87. The second-order valence-corrected chi connectivity index (χ2v) is 7.61. The van der Waals surface area contributed by atoms with Crippen molar-refractivity contribution in [2.45, 2.75) is 39.2 Å². The molecule has 1 amide bonds. The minimum atomic E-state index is -3.39. The number of ether oxygens (including phenoxy) is 1. The third-order valence-electron chi connectivity index (χ3n) is 2.98. The molecule has 2 unspecified atom stereocenters. The molecule has 0 radical (unpaired) electrons. The lowest BCUT2D eigenvalue weighted by atomic mass is 9.74. The highest BCUT2D eigenvalue weighted by atomic mass is 32.2. The zero-order valence-corrected chi connectivity index (χ0v) is 12.7. The van der Waals surface area contributed by atoms with E-state index >= 15 is 0 Å². The summed E-state index contributed by atoms with van der Waals surface area (Å²) in [5.41, 5.74) is -0.511. The van der Waals surface area contributed by atoms with Crippen LogP contribution in [0.1, 0.15) is 33.6 Å². The van der Waals surface area contributed by atoms with E-state index in [2.05, 4.69) is 5.32 Å². The van der Waals surface area contributed by atoms with E-state index in [-0.39, 0.29) is 18.4 Å². The molecule has 0 heterocycles. The lowest BCUT2D eigenvalue weighted by Crippen LogP contribution is -2.41. The molecule has 0 saturated heterocycles. The number of hydrogen-bond acceptors (Lipinski definition) is 5. The van der Waals surface area contributed by atoms with Gasteiger partial charge >= 0.3 is 6.09 Å². The summed E-state index contributed by atoms with van der Waals surface area (Å²) in [6.45, 7) is 6.10. The van der Waals surface area contributed by atoms with E-state index < -0.39 is 21.8 Å². The van der Waals surface area contributed by atoms with Crippen LogP contribution in [-0.2, 0) is 19.0 Å². The van der Waals surface area contributed by atoms with Crippen LogP contribution in [0.5, 0.6) is 0 Å². The Kier molecular flexibility index (Phi) is 5.20. The number of amides is 1. The lowest BCUT2D eigenvalue weighted by molar-refractivity contribution is 0.0466. The van der Waals surface area contributed by atoms with E-state index in [1.165, 1.54) is 0 Å². The van der Waals surface area contributed by atoms with Crippen LogP contribution in [0.3, 0.4) is 0 Å². The van der Waals surface area contributed by atoms with Crippen LogP contribution in [0.4, 0.5) is 4.79 Å². The van der Waals surface area contributed by atoms with Crippen molar-refractivity contribution < 1.29 is 22.1 Å². The highest BCUT2D eigenvalue weighted by molar-refractivity contribution is 7.85. The Morgan fingerprint density at radius 1 is 1.26 bits per heavy atom. The van der Waals surface area contributed by atoms with Crippen LogP contribution in [0.25, 0.3) is 0 Å². The van der Waals surface area contributed by atoms with Crippen LogP contribution in [0.2, 0.25) is 0 Å². The van der Waals surface area contributed by atoms with Gasteiger partial charge in [-0.1, -0.05) is 0 Å². The first kappa shape index (κ1) is 16.2. The first-order valence-corrected chi connectivity index (χ1v) is 8.20. The van der Waals surface area contributed by atoms with Crippen molar-refractivity contribution in [2.75, 3.05) is 19.4 Å². The quantitative estimate of drug-likeness (QED) is 0.777. The van der Waals surface area contributed by atoms with Crippen molar-refractivity contribution in [3.63, 3.8) is 0 Å². The zero-order valence-electron chi connectivity index (χ0n) is 11.9. The van der Waals surface area contributed by atoms with E-state index in [0.717, 1.165) is 19.1 Å². The fourth-order valence-corrected chi connectivity index (χ4v) is 2.29. The highest BCUT2D eigenvalue weighted by Crippen LogP contribution is 2.34. The van der Waals surface area contributed by atoms with Gasteiger partial charge in [-0.25, -0.2) is 4.79 Å². The Bertz CT molecular complexity index is 412. The molecule has 112 valence electrons. The molecule has 6 nitrogen and oxygen atoms in total. The maximum absolute atomic E-state index is 11.5. The number of rotatable bonds is 5. The molecule has 1 rings (SSSR count). The van der Waals surface area contributed by atoms with Crippen molar-refractivity contribution in [1.82, 2.24) is 5.32 Å². The third-order valence-corrected chi connectivity index (χ3v) is 3.54. The molecule has 1 aliphatic carbocycles. The molecule has 0 aromatic rings. The summed E-state index contributed by atoms with van der Waals surface area (Å²) >= 11 is 0. The maximum atomic E-state index is 11.5. The van der Waals surface area contributed by atoms with E-state index in [9.17, 15) is 13.2 Å². The smallest absolute Gasteiger partial charge is 0.407 e. The fraction of sp³-hybridized carbons (Fsp3) is 0.917. The highest BCUT2D eigenvalue weighted by Gasteiger charge is 2.32. The summed E-state index contributed by atoms with van der Waals surface area (Å²) in [6, 6.07) is 0. The SMILES string of the molecule is CC(C)(C)OC(=O)NCC1CCC1COS(C)(=O)=O. The molecule has 0 spiro atoms. The van der Waals surface area contributed by atoms with Crippen LogP contribution in [-0.4, -0.2) is 39.5 Å². The van der Waals surface area contributed by atoms with Crippen molar-refractivity contribution >= 4 is 16.2 Å². The van der Waals surface area contributed by atoms with Gasteiger partial charge in [-0.05, 0) is 45.4 Å². The molecule has 2 atom stereocenters. The molecule has 19 heavy (non-hydrogen) atoms. The third kappa shape index (κ3) is 6.77. The average Bonchev–Trinajstić information content (AvgIpc) is 2.11. The summed E-state index contributed by atoms with van der Waals surface area (Å²) in [5, 5.41) is 2.70. The second kappa shape index (κ2) is 6.09. The van der Waals surface area contributed by atoms with Crippen molar-refractivity contribution in [3.05, 3.63) is 0 Å². The Balaban J connectivity index is 2.25. The second-order valence-electron chi connectivity index (χ2n) is 5.97. The van der Waals surface area contributed by atoms with Gasteiger partial charge in [0.2, 0.25) is 0 Å². The Morgan fingerprint density at radius 3 is 2.26 bits per heavy atom. The van der Waals surface area contributed by atoms with Crippen molar-refractivity contribution in [1.29, 1.82) is 0 Å². The number of carbonyl (C=O) groups is 1. The van der Waals surface area contributed by atoms with E-state index in [0.29, 0.717) is 6.54 Å². The maximum Gasteiger partial charge on any atom is 0.407 e. The monoisotopic (exact) mass is 293 g/mol. The minimum absolute atomic E-state index is 0.185. The van der Waals surface area contributed by atoms with Crippen molar-refractivity contribution in [3.8, 4) is 0 Å². The molecule has 1 saturated carbocycles. The Labute approximate surface area is 115 Å². The van der Waals surface area contributed by atoms with Gasteiger partial charge in [-0.3, -0.25) is 4.18 Å². The van der Waals surface area contributed by atoms with Crippen molar-refractivity contribution in [2.24, 2.45) is 11.8 Å². The predicted octanol–water partition coefficient (Wildman–Crippen LogP) is 1.51. The van der Waals surface area contributed by atoms with Crippen LogP contribution >= 0.6 is 0 Å². The topological polar surface area (TPSA) is 81.7 Å². The summed E-state index contributed by atoms with van der Waals surface area (Å²) in [5.74, 6) is 0.443. The standard InChI is InChI=1S/C12H23NO5S/c1-12(2,3)18-11(14)13-7-9-5-6-10(9)8-17-19(4,15)16/h9-10H,5-8H2,1-4H3,(H,13,14). The van der Waals surface area contributed by atoms with E-state index in [4.69, 9.17) is 8.92 Å². The zero-order chi connectivity index (χ0) is 14.7. The largest absolute Gasteiger partial charge is 0.444 e. The average molecular weight is 293 g/mol. The molecule has 1 aliphatic rings. The molecule has 0 bridgehead atoms. The molecular weight excluding hydrogens is 270 g/mol. The number of alkyl carbamates (subject to hydrolysis) is 1. The van der Waals surface area contributed by atoms with Gasteiger partial charge in [0, 0.05) is 6.54 Å². The van der Waals surface area contributed by atoms with E-state index in [1.807, 2.05) is 0 Å². The summed E-state index contributed by atoms with van der Waals surface area (Å²) in [7, 11) is -3.39. The lowest BCUT2D eigenvalue weighted by Gasteiger charge is -2.36. The molecule has 0 aliphatic heterocycles. The summed E-state index contributed by atoms with van der Waals surface area (Å²) in [4.78, 5) is 11.5. The molecule has 1 N–H and O–H groups in total. The van der Waals surface area contributed by atoms with Gasteiger partial charge in [0.1, 0.15) is 5.60 Å². The van der Waals surface area contributed by atoms with Gasteiger partial charge in [0.25, 0.3) is 10.1 Å². The van der Waals surface area contributed by atoms with Crippen LogP contribution in [0.15, 0.2) is 0 Å². The molecule has 0 aromatic carbocycles. The Hall–Kier alpha value is -0.820. The number of carbonyl (C=O) groups excluding carboxylic acids is 1. The van der Waals surface area contributed by atoms with Crippen LogP contribution in [0, 0.1) is 11.8 Å². The number of hydrogen-bond donors (Lipinski definition) is 1.